The molecule has 3 aliphatic rings. The zero-order valence-electron chi connectivity index (χ0n) is 85.8. The minimum atomic E-state index is -6.61. The third-order valence-corrected chi connectivity index (χ3v) is 32.9. The quantitative estimate of drug-likeness (QED) is 0.155. The number of para-hydroxylation sites is 5. The van der Waals surface area contributed by atoms with Gasteiger partial charge in [-0.25, -0.2) is 0 Å². The average molecular weight is 1420 g/mol. The molecule has 17 rings (SSSR count). The molecular weight excluding hydrogens is 1300 g/mol. The van der Waals surface area contributed by atoms with Crippen LogP contribution in [0.2, 0.25) is 4.75 Å². The van der Waals surface area contributed by atoms with Crippen molar-refractivity contribution >= 4 is 126 Å². The number of benzene rings is 11. The summed E-state index contributed by atoms with van der Waals surface area (Å²) in [6, 6.07) is 5.71. The Morgan fingerprint density at radius 1 is 0.314 bits per heavy atom. The summed E-state index contributed by atoms with van der Waals surface area (Å²) in [6.45, 7) is 35.2. The average Bonchev–Trinajstić information content (AvgIpc) is 0.790. The molecule has 0 atom stereocenters. The molecule has 6 heteroatoms. The second kappa shape index (κ2) is 23.0. The first-order chi connectivity index (χ1) is 58.5. The predicted molar refractivity (Wildman–Crippen MR) is 443 cm³/mol. The fourth-order valence-electron chi connectivity index (χ4n) is 17.3. The van der Waals surface area contributed by atoms with E-state index in [1.165, 1.54) is 4.57 Å². The van der Waals surface area contributed by atoms with Gasteiger partial charge < -0.3 is 0 Å². The maximum absolute atomic E-state index is 12.2. The number of nitrogens with zero attached hydrogens (tertiary/aromatic N) is 5. The molecule has 0 N–H and O–H groups in total. The standard InChI is InChI=1S/C96H101GeN5/c1-91(2,3)69-43-31-49-77-84(69)66-40-28-46-72(94(10,11)12)88(66)100(77)63-52-54-75-80(56-63)98(61-36-24-20-25-37-61)82-58-65(102-79-51-33-45-71(93(7,8)9)86(79)68-42-30-48-74(90(68)102)96(16,17)18)59-83-87(82)97(75,60-34-22-19-23-35-60)76-55-53-64(57-81(76)99(83)62-38-26-21-27-39-62)101-78-50-32-44-70(92(4,5)6)85(78)67-41-29-47-73(89(67)101)95(13,14)15/h20-21,24-33,36-60H,19,22-23,34-35H2,1-18H3/i20D,21D,24D,25D,26D,27D,30D,33D,36D,37D,38D,39D,42D,45D,48D,51D,52D,53D,54D,55D,56D,57D,58D,59D. The van der Waals surface area contributed by atoms with E-state index in [9.17, 15) is 32.9 Å². The molecule has 3 aromatic heterocycles. The van der Waals surface area contributed by atoms with Crippen LogP contribution in [0.1, 0.15) is 223 Å². The molecule has 0 spiro atoms. The summed E-state index contributed by atoms with van der Waals surface area (Å²) in [7, 11) is 0. The van der Waals surface area contributed by atoms with Crippen molar-refractivity contribution in [2.45, 2.75) is 194 Å². The zero-order chi connectivity index (χ0) is 92.2. The van der Waals surface area contributed by atoms with Gasteiger partial charge in [-0.2, -0.15) is 0 Å². The van der Waals surface area contributed by atoms with Gasteiger partial charge in [0.05, 0.1) is 0 Å². The molecule has 102 heavy (non-hydrogen) atoms. The van der Waals surface area contributed by atoms with Gasteiger partial charge in [-0.1, -0.05) is 0 Å². The Morgan fingerprint density at radius 2 is 0.696 bits per heavy atom. The van der Waals surface area contributed by atoms with E-state index in [4.69, 9.17) is 0 Å². The molecular formula is C96H101GeN5. The van der Waals surface area contributed by atoms with Crippen molar-refractivity contribution in [2.24, 2.45) is 0 Å². The van der Waals surface area contributed by atoms with Gasteiger partial charge in [-0.15, -0.1) is 0 Å². The summed E-state index contributed by atoms with van der Waals surface area (Å²) >= 11 is -6.61. The van der Waals surface area contributed by atoms with Gasteiger partial charge >= 0.3 is 645 Å². The van der Waals surface area contributed by atoms with Crippen LogP contribution in [0.5, 0.6) is 0 Å². The fourth-order valence-corrected chi connectivity index (χ4v) is 29.8. The Bertz CT molecular complexity index is 6890. The van der Waals surface area contributed by atoms with Crippen LogP contribution in [0.25, 0.3) is 82.5 Å². The topological polar surface area (TPSA) is 21.3 Å². The van der Waals surface area contributed by atoms with Crippen LogP contribution in [0.15, 0.2) is 218 Å². The SMILES string of the molecule is [2H]c1c([2H])c([2H])c(N2c3c([2H])c(-n4c5cccc(C(C)(C)C)c5c5cccc(C(C)(C)C)c54)c([2H])c([2H])[c]3[Ge]3([CH]4CCCCC4)[c]4c([2H])c([2H])c(-n5c6cccc(C(C)(C)C)c6c6cccc(C(C)(C)C)c65)c([2H])c4N(c4c([2H])c([2H])c([2H])c([2H])c4[2H])c4c([2H])c(-n5c6c([2H])c([2H])c([2H])c(C(C)(C)C)c6c6c([2H])c([2H])c([2H])c(C(C)(C)C)c65)c([2H])c2[c]43)c([2H])c1[2H]. The summed E-state index contributed by atoms with van der Waals surface area (Å²) in [5, 5.41) is 2.74. The Hall–Kier alpha value is -9.04. The third-order valence-electron chi connectivity index (χ3n) is 21.7. The van der Waals surface area contributed by atoms with Gasteiger partial charge in [0.1, 0.15) is 0 Å². The molecule has 0 bridgehead atoms. The van der Waals surface area contributed by atoms with Crippen LogP contribution in [-0.2, 0) is 32.5 Å². The Morgan fingerprint density at radius 3 is 1.15 bits per heavy atom. The summed E-state index contributed by atoms with van der Waals surface area (Å²) in [5.74, 6) is 0. The van der Waals surface area contributed by atoms with Gasteiger partial charge in [-0.3, -0.25) is 0 Å². The number of hydrogen-bond acceptors (Lipinski definition) is 2. The van der Waals surface area contributed by atoms with Crippen molar-refractivity contribution in [3.8, 4) is 17.1 Å². The first-order valence-electron chi connectivity index (χ1n) is 47.9. The molecule has 1 saturated carbocycles. The molecule has 5 nitrogen and oxygen atoms in total. The van der Waals surface area contributed by atoms with Gasteiger partial charge in [-0.05, 0) is 0 Å². The third kappa shape index (κ3) is 9.88. The maximum atomic E-state index is 12.2. The minimum absolute atomic E-state index is 0.0118. The van der Waals surface area contributed by atoms with E-state index in [2.05, 4.69) is 41.5 Å². The first-order valence-corrected chi connectivity index (χ1v) is 40.3. The van der Waals surface area contributed by atoms with Gasteiger partial charge in [0, 0.05) is 0 Å². The van der Waals surface area contributed by atoms with E-state index in [1.807, 2.05) is 114 Å². The van der Waals surface area contributed by atoms with E-state index in [0.29, 0.717) is 52.1 Å². The molecule has 0 saturated heterocycles. The normalized spacial score (nSPS) is 18.6. The van der Waals surface area contributed by atoms with Crippen LogP contribution >= 0.6 is 0 Å². The van der Waals surface area contributed by atoms with Crippen molar-refractivity contribution in [3.05, 3.63) is 251 Å². The van der Waals surface area contributed by atoms with Crippen molar-refractivity contribution in [2.75, 3.05) is 9.80 Å². The Balaban J connectivity index is 1.26. The predicted octanol–water partition coefficient (Wildman–Crippen LogP) is 25.1. The Kier molecular flexibility index (Phi) is 10.0. The van der Waals surface area contributed by atoms with E-state index < -0.39 is 235 Å². The molecule has 14 aromatic rings. The van der Waals surface area contributed by atoms with E-state index >= 15 is 0 Å². The fraction of sp³-hybridized carbons (Fsp3) is 0.312. The molecule has 11 aromatic carbocycles. The number of hydrogen-bond donors (Lipinski definition) is 0. The number of rotatable bonds is 6. The zero-order valence-corrected chi connectivity index (χ0v) is 63.9. The molecule has 0 radical (unpaired) electrons. The van der Waals surface area contributed by atoms with Crippen LogP contribution < -0.4 is 23.0 Å². The summed E-state index contributed by atoms with van der Waals surface area (Å²) in [5.41, 5.74) is -4.47. The molecule has 0 amide bonds. The van der Waals surface area contributed by atoms with Gasteiger partial charge in [0.25, 0.3) is 0 Å². The molecule has 5 heterocycles. The van der Waals surface area contributed by atoms with E-state index in [1.54, 1.807) is 50.7 Å². The molecule has 1 aliphatic carbocycles. The molecule has 514 valence electrons. The van der Waals surface area contributed by atoms with Gasteiger partial charge in [0.15, 0.2) is 0 Å². The summed E-state index contributed by atoms with van der Waals surface area (Å²) in [4.78, 5) is 2.32. The molecule has 2 aliphatic heterocycles. The van der Waals surface area contributed by atoms with Crippen LogP contribution in [0, 0.1) is 0 Å². The second-order valence-corrected chi connectivity index (χ2v) is 42.8. The van der Waals surface area contributed by atoms with Crippen LogP contribution in [0.3, 0.4) is 0 Å². The second-order valence-electron chi connectivity index (χ2n) is 34.6. The first kappa shape index (κ1) is 44.5. The number of aromatic nitrogens is 3. The molecule has 0 unspecified atom stereocenters. The van der Waals surface area contributed by atoms with Crippen LogP contribution in [0.4, 0.5) is 34.1 Å². The number of anilines is 6. The summed E-state index contributed by atoms with van der Waals surface area (Å²) < 4.78 is 260. The van der Waals surface area contributed by atoms with E-state index in [-0.39, 0.29) is 70.3 Å². The Labute approximate surface area is 641 Å². The van der Waals surface area contributed by atoms with Crippen molar-refractivity contribution in [1.82, 2.24) is 13.7 Å². The van der Waals surface area contributed by atoms with Crippen LogP contribution in [-0.4, -0.2) is 27.0 Å². The number of fused-ring (bicyclic) bond motifs is 13. The summed E-state index contributed by atoms with van der Waals surface area (Å²) in [6.07, 6.45) is 1.87. The van der Waals surface area contributed by atoms with Gasteiger partial charge in [0.2, 0.25) is 0 Å². The van der Waals surface area contributed by atoms with E-state index in [0.717, 1.165) is 42.8 Å². The monoisotopic (exact) mass is 1420 g/mol. The molecule has 1 fully saturated rings. The van der Waals surface area contributed by atoms with Crippen molar-refractivity contribution < 1.29 is 32.9 Å². The van der Waals surface area contributed by atoms with Crippen molar-refractivity contribution in [1.29, 1.82) is 0 Å². The van der Waals surface area contributed by atoms with Crippen molar-refractivity contribution in [3.63, 3.8) is 0 Å².